The first kappa shape index (κ1) is 20.7. The Labute approximate surface area is 191 Å². The average Bonchev–Trinajstić information content (AvgIpc) is 2.83. The van der Waals surface area contributed by atoms with Crippen molar-refractivity contribution in [2.75, 3.05) is 13.2 Å². The fourth-order valence-electron chi connectivity index (χ4n) is 3.99. The summed E-state index contributed by atoms with van der Waals surface area (Å²) in [4.78, 5) is 13.9. The van der Waals surface area contributed by atoms with Crippen molar-refractivity contribution >= 4 is 21.5 Å². The molecule has 1 N–H and O–H groups in total. The first-order valence-electron chi connectivity index (χ1n) is 10.9. The number of nitrogens with zero attached hydrogens (tertiary/aromatic N) is 3. The van der Waals surface area contributed by atoms with Gasteiger partial charge in [-0.25, -0.2) is 4.98 Å². The van der Waals surface area contributed by atoms with Crippen molar-refractivity contribution in [1.29, 1.82) is 0 Å². The molecule has 5 aromatic rings. The van der Waals surface area contributed by atoms with Crippen LogP contribution in [0.5, 0.6) is 17.5 Å². The Bertz CT molecular complexity index is 1410. The number of ether oxygens (including phenoxy) is 2. The molecule has 5 rings (SSSR count). The molecule has 0 aliphatic heterocycles. The quantitative estimate of drug-likeness (QED) is 0.328. The largest absolute Gasteiger partial charge is 0.507 e. The Morgan fingerprint density at radius 2 is 1.33 bits per heavy atom. The predicted octanol–water partition coefficient (Wildman–Crippen LogP) is 6.02. The van der Waals surface area contributed by atoms with Gasteiger partial charge in [0.25, 0.3) is 0 Å². The first-order chi connectivity index (χ1) is 16.2. The zero-order chi connectivity index (χ0) is 22.8. The lowest BCUT2D eigenvalue weighted by molar-refractivity contribution is 0.312. The van der Waals surface area contributed by atoms with Crippen LogP contribution in [0.3, 0.4) is 0 Å². The number of phenols is 1. The maximum Gasteiger partial charge on any atom is 0.320 e. The van der Waals surface area contributed by atoms with Crippen LogP contribution in [-0.2, 0) is 0 Å². The van der Waals surface area contributed by atoms with E-state index in [1.807, 2.05) is 38.1 Å². The van der Waals surface area contributed by atoms with Crippen LogP contribution < -0.4 is 9.47 Å². The fourth-order valence-corrected chi connectivity index (χ4v) is 3.99. The molecule has 0 unspecified atom stereocenters. The van der Waals surface area contributed by atoms with E-state index in [2.05, 4.69) is 40.3 Å². The molecule has 0 radical (unpaired) electrons. The van der Waals surface area contributed by atoms with Crippen LogP contribution in [0.25, 0.3) is 44.3 Å². The van der Waals surface area contributed by atoms with Crippen molar-refractivity contribution in [2.45, 2.75) is 13.8 Å². The molecule has 0 aliphatic rings. The molecule has 0 spiro atoms. The van der Waals surface area contributed by atoms with Gasteiger partial charge in [-0.2, -0.15) is 9.97 Å². The molecule has 6 heteroatoms. The van der Waals surface area contributed by atoms with Gasteiger partial charge >= 0.3 is 6.01 Å². The Hall–Kier alpha value is -4.19. The molecule has 1 heterocycles. The highest BCUT2D eigenvalue weighted by Gasteiger charge is 2.18. The van der Waals surface area contributed by atoms with Crippen LogP contribution in [0.15, 0.2) is 72.8 Å². The lowest BCUT2D eigenvalue weighted by atomic mass is 9.96. The minimum atomic E-state index is 0.0309. The zero-order valence-corrected chi connectivity index (χ0v) is 18.4. The number of aromatic hydroxyl groups is 1. The average molecular weight is 437 g/mol. The van der Waals surface area contributed by atoms with E-state index in [0.29, 0.717) is 36.2 Å². The molecule has 0 atom stereocenters. The maximum atomic E-state index is 10.7. The smallest absolute Gasteiger partial charge is 0.320 e. The topological polar surface area (TPSA) is 77.4 Å². The molecule has 0 bridgehead atoms. The highest BCUT2D eigenvalue weighted by molar-refractivity contribution is 6.11. The van der Waals surface area contributed by atoms with Gasteiger partial charge in [0.05, 0.1) is 18.8 Å². The van der Waals surface area contributed by atoms with Crippen molar-refractivity contribution in [3.05, 3.63) is 72.8 Å². The lowest BCUT2D eigenvalue weighted by Crippen LogP contribution is -2.04. The van der Waals surface area contributed by atoms with E-state index in [4.69, 9.17) is 14.5 Å². The minimum absolute atomic E-state index is 0.0309. The van der Waals surface area contributed by atoms with Gasteiger partial charge in [0, 0.05) is 11.6 Å². The van der Waals surface area contributed by atoms with Gasteiger partial charge in [-0.3, -0.25) is 0 Å². The second kappa shape index (κ2) is 8.74. The van der Waals surface area contributed by atoms with Crippen LogP contribution in [0, 0.1) is 0 Å². The summed E-state index contributed by atoms with van der Waals surface area (Å²) in [5.74, 6) is 1.44. The molecule has 164 valence electrons. The van der Waals surface area contributed by atoms with Gasteiger partial charge in [-0.15, -0.1) is 0 Å². The number of fused-ring (bicyclic) bond motifs is 2. The second-order valence-electron chi connectivity index (χ2n) is 7.50. The number of hydrogen-bond acceptors (Lipinski definition) is 6. The molecule has 1 aromatic heterocycles. The Balaban J connectivity index is 1.78. The summed E-state index contributed by atoms with van der Waals surface area (Å²) in [6, 6.07) is 23.8. The Morgan fingerprint density at radius 3 is 1.97 bits per heavy atom. The van der Waals surface area contributed by atoms with E-state index in [1.54, 1.807) is 18.2 Å². The zero-order valence-electron chi connectivity index (χ0n) is 18.4. The second-order valence-corrected chi connectivity index (χ2v) is 7.50. The normalized spacial score (nSPS) is 11.1. The van der Waals surface area contributed by atoms with E-state index in [9.17, 15) is 5.11 Å². The van der Waals surface area contributed by atoms with E-state index < -0.39 is 0 Å². The minimum Gasteiger partial charge on any atom is -0.507 e. The third-order valence-corrected chi connectivity index (χ3v) is 5.40. The molecular formula is C27H23N3O3. The van der Waals surface area contributed by atoms with Gasteiger partial charge in [-0.05, 0) is 53.6 Å². The van der Waals surface area contributed by atoms with Gasteiger partial charge in [0.15, 0.2) is 11.6 Å². The molecule has 0 saturated carbocycles. The standard InChI is InChI=1S/C27H23N3O3/c1-3-32-19-13-14-22(23(31)16-19)25-28-26(30-27(29-25)33-4-2)24-20-11-7-5-9-17(20)15-18-10-6-8-12-21(18)24/h5-16,31H,3-4H2,1-2H3. The molecule has 33 heavy (non-hydrogen) atoms. The molecule has 0 saturated heterocycles. The molecule has 0 amide bonds. The van der Waals surface area contributed by atoms with Crippen molar-refractivity contribution in [1.82, 2.24) is 15.0 Å². The SMILES string of the molecule is CCOc1ccc(-c2nc(OCC)nc(-c3c4ccccc4cc4ccccc34)n2)c(O)c1. The number of benzene rings is 4. The highest BCUT2D eigenvalue weighted by atomic mass is 16.5. The van der Waals surface area contributed by atoms with Gasteiger partial charge in [-0.1, -0.05) is 48.5 Å². The third-order valence-electron chi connectivity index (χ3n) is 5.40. The Morgan fingerprint density at radius 1 is 0.697 bits per heavy atom. The predicted molar refractivity (Wildman–Crippen MR) is 130 cm³/mol. The van der Waals surface area contributed by atoms with Crippen molar-refractivity contribution < 1.29 is 14.6 Å². The van der Waals surface area contributed by atoms with E-state index >= 15 is 0 Å². The van der Waals surface area contributed by atoms with Crippen LogP contribution >= 0.6 is 0 Å². The summed E-state index contributed by atoms with van der Waals surface area (Å²) in [6.45, 7) is 4.70. The first-order valence-corrected chi connectivity index (χ1v) is 10.9. The summed E-state index contributed by atoms with van der Waals surface area (Å²) >= 11 is 0. The summed E-state index contributed by atoms with van der Waals surface area (Å²) in [7, 11) is 0. The summed E-state index contributed by atoms with van der Waals surface area (Å²) in [6.07, 6.45) is 0. The van der Waals surface area contributed by atoms with Crippen LogP contribution in [0.1, 0.15) is 13.8 Å². The van der Waals surface area contributed by atoms with Gasteiger partial charge < -0.3 is 14.6 Å². The van der Waals surface area contributed by atoms with Crippen LogP contribution in [0.2, 0.25) is 0 Å². The Kier molecular flexibility index (Phi) is 5.48. The van der Waals surface area contributed by atoms with E-state index in [1.165, 1.54) is 0 Å². The van der Waals surface area contributed by atoms with Crippen molar-refractivity contribution in [3.8, 4) is 40.3 Å². The van der Waals surface area contributed by atoms with Crippen molar-refractivity contribution in [3.63, 3.8) is 0 Å². The van der Waals surface area contributed by atoms with Crippen molar-refractivity contribution in [2.24, 2.45) is 0 Å². The number of phenolic OH excluding ortho intramolecular Hbond substituents is 1. The molecule has 0 fully saturated rings. The number of hydrogen-bond donors (Lipinski definition) is 1. The van der Waals surface area contributed by atoms with Gasteiger partial charge in [0.1, 0.15) is 11.5 Å². The molecular weight excluding hydrogens is 414 g/mol. The highest BCUT2D eigenvalue weighted by Crippen LogP contribution is 2.37. The van der Waals surface area contributed by atoms with Crippen LogP contribution in [0.4, 0.5) is 0 Å². The molecule has 4 aromatic carbocycles. The summed E-state index contributed by atoms with van der Waals surface area (Å²) < 4.78 is 11.2. The summed E-state index contributed by atoms with van der Waals surface area (Å²) in [5.41, 5.74) is 1.38. The number of rotatable bonds is 6. The van der Waals surface area contributed by atoms with Crippen LogP contribution in [-0.4, -0.2) is 33.3 Å². The number of aromatic nitrogens is 3. The monoisotopic (exact) mass is 437 g/mol. The molecule has 6 nitrogen and oxygen atoms in total. The maximum absolute atomic E-state index is 10.7. The third kappa shape index (κ3) is 3.91. The molecule has 0 aliphatic carbocycles. The summed E-state index contributed by atoms with van der Waals surface area (Å²) in [5, 5.41) is 14.9. The van der Waals surface area contributed by atoms with Gasteiger partial charge in [0.2, 0.25) is 0 Å². The lowest BCUT2D eigenvalue weighted by Gasteiger charge is -2.13. The fraction of sp³-hybridized carbons (Fsp3) is 0.148. The van der Waals surface area contributed by atoms with E-state index in [0.717, 1.165) is 27.1 Å². The van der Waals surface area contributed by atoms with E-state index in [-0.39, 0.29) is 11.8 Å².